The van der Waals surface area contributed by atoms with E-state index in [-0.39, 0.29) is 18.1 Å². The van der Waals surface area contributed by atoms with Gasteiger partial charge in [-0.2, -0.15) is 0 Å². The molecule has 0 aliphatic carbocycles. The van der Waals surface area contributed by atoms with Crippen LogP contribution in [0.2, 0.25) is 0 Å². The summed E-state index contributed by atoms with van der Waals surface area (Å²) in [5.74, 6) is 0.861. The van der Waals surface area contributed by atoms with Crippen LogP contribution in [0.15, 0.2) is 22.7 Å². The number of halogens is 1. The van der Waals surface area contributed by atoms with Gasteiger partial charge in [-0.05, 0) is 44.9 Å². The summed E-state index contributed by atoms with van der Waals surface area (Å²) in [5, 5.41) is 6.26. The number of carbonyl (C=O) groups excluding carboxylic acids is 1. The SMILES string of the molecule is CC(C)N1CCC(NC(=O)NC2CCOc3ccc(Br)cc32)CC1. The highest BCUT2D eigenvalue weighted by Gasteiger charge is 2.26. The zero-order valence-corrected chi connectivity index (χ0v) is 15.9. The molecule has 0 saturated carbocycles. The van der Waals surface area contributed by atoms with Crippen LogP contribution in [0.25, 0.3) is 0 Å². The van der Waals surface area contributed by atoms with Crippen LogP contribution in [-0.2, 0) is 0 Å². The van der Waals surface area contributed by atoms with Gasteiger partial charge >= 0.3 is 6.03 Å². The molecule has 0 spiro atoms. The van der Waals surface area contributed by atoms with Crippen LogP contribution < -0.4 is 15.4 Å². The van der Waals surface area contributed by atoms with E-state index < -0.39 is 0 Å². The lowest BCUT2D eigenvalue weighted by Gasteiger charge is -2.35. The summed E-state index contributed by atoms with van der Waals surface area (Å²) in [7, 11) is 0. The first-order valence-electron chi connectivity index (χ1n) is 8.76. The number of nitrogens with one attached hydrogen (secondary N) is 2. The van der Waals surface area contributed by atoms with Crippen molar-refractivity contribution < 1.29 is 9.53 Å². The van der Waals surface area contributed by atoms with Crippen molar-refractivity contribution in [3.63, 3.8) is 0 Å². The van der Waals surface area contributed by atoms with E-state index >= 15 is 0 Å². The van der Waals surface area contributed by atoms with Crippen LogP contribution in [0.4, 0.5) is 4.79 Å². The number of rotatable bonds is 3. The van der Waals surface area contributed by atoms with E-state index in [9.17, 15) is 4.79 Å². The fourth-order valence-corrected chi connectivity index (χ4v) is 3.84. The van der Waals surface area contributed by atoms with Crippen LogP contribution in [0.3, 0.4) is 0 Å². The van der Waals surface area contributed by atoms with Gasteiger partial charge in [0.25, 0.3) is 0 Å². The number of nitrogens with zero attached hydrogens (tertiary/aromatic N) is 1. The number of benzene rings is 1. The number of urea groups is 1. The third kappa shape index (κ3) is 4.22. The molecule has 3 rings (SSSR count). The van der Waals surface area contributed by atoms with Gasteiger partial charge in [-0.15, -0.1) is 0 Å². The predicted octanol–water partition coefficient (Wildman–Crippen LogP) is 3.44. The topological polar surface area (TPSA) is 53.6 Å². The molecular formula is C18H26BrN3O2. The highest BCUT2D eigenvalue weighted by Crippen LogP contribution is 2.34. The summed E-state index contributed by atoms with van der Waals surface area (Å²) < 4.78 is 6.68. The molecule has 6 heteroatoms. The van der Waals surface area contributed by atoms with E-state index in [2.05, 4.69) is 45.3 Å². The van der Waals surface area contributed by atoms with Crippen molar-refractivity contribution in [1.29, 1.82) is 0 Å². The molecule has 2 aliphatic heterocycles. The lowest BCUT2D eigenvalue weighted by Crippen LogP contribution is -2.50. The molecule has 132 valence electrons. The van der Waals surface area contributed by atoms with E-state index in [1.54, 1.807) is 0 Å². The number of fused-ring (bicyclic) bond motifs is 1. The minimum Gasteiger partial charge on any atom is -0.493 e. The lowest BCUT2D eigenvalue weighted by molar-refractivity contribution is 0.160. The molecule has 0 bridgehead atoms. The standard InChI is InChI=1S/C18H26BrN3O2/c1-12(2)22-8-5-14(6-9-22)20-18(23)21-16-7-10-24-17-4-3-13(19)11-15(16)17/h3-4,11-12,14,16H,5-10H2,1-2H3,(H2,20,21,23). The molecule has 2 amide bonds. The Morgan fingerprint density at radius 1 is 1.25 bits per heavy atom. The first kappa shape index (κ1) is 17.5. The van der Waals surface area contributed by atoms with Gasteiger partial charge in [-0.1, -0.05) is 15.9 Å². The van der Waals surface area contributed by atoms with Gasteiger partial charge in [0.15, 0.2) is 0 Å². The number of amides is 2. The fraction of sp³-hybridized carbons (Fsp3) is 0.611. The van der Waals surface area contributed by atoms with E-state index in [0.717, 1.165) is 48.1 Å². The van der Waals surface area contributed by atoms with Gasteiger partial charge in [-0.25, -0.2) is 4.79 Å². The summed E-state index contributed by atoms with van der Waals surface area (Å²) in [6, 6.07) is 6.72. The van der Waals surface area contributed by atoms with Crippen molar-refractivity contribution in [2.45, 2.75) is 51.2 Å². The average Bonchev–Trinajstić information content (AvgIpc) is 2.56. The molecule has 5 nitrogen and oxygen atoms in total. The minimum atomic E-state index is -0.0733. The van der Waals surface area contributed by atoms with Crippen LogP contribution >= 0.6 is 15.9 Å². The average molecular weight is 396 g/mol. The van der Waals surface area contributed by atoms with Gasteiger partial charge in [0, 0.05) is 41.6 Å². The molecule has 1 saturated heterocycles. The Balaban J connectivity index is 1.54. The quantitative estimate of drug-likeness (QED) is 0.823. The monoisotopic (exact) mass is 395 g/mol. The lowest BCUT2D eigenvalue weighted by atomic mass is 10.0. The summed E-state index contributed by atoms with van der Waals surface area (Å²) in [6.45, 7) is 7.18. The molecular weight excluding hydrogens is 370 g/mol. The number of hydrogen-bond donors (Lipinski definition) is 2. The number of ether oxygens (including phenoxy) is 1. The van der Waals surface area contributed by atoms with E-state index in [0.29, 0.717) is 12.6 Å². The van der Waals surface area contributed by atoms with Crippen molar-refractivity contribution in [3.05, 3.63) is 28.2 Å². The second-order valence-corrected chi connectivity index (χ2v) is 7.81. The summed E-state index contributed by atoms with van der Waals surface area (Å²) in [6.07, 6.45) is 2.83. The van der Waals surface area contributed by atoms with Crippen molar-refractivity contribution in [3.8, 4) is 5.75 Å². The number of likely N-dealkylation sites (tertiary alicyclic amines) is 1. The number of hydrogen-bond acceptors (Lipinski definition) is 3. The molecule has 0 aromatic heterocycles. The summed E-state index contributed by atoms with van der Waals surface area (Å²) in [5.41, 5.74) is 1.04. The van der Waals surface area contributed by atoms with Crippen molar-refractivity contribution in [1.82, 2.24) is 15.5 Å². The predicted molar refractivity (Wildman–Crippen MR) is 98.4 cm³/mol. The molecule has 1 atom stereocenters. The second kappa shape index (κ2) is 7.74. The van der Waals surface area contributed by atoms with Crippen LogP contribution in [-0.4, -0.2) is 42.7 Å². The number of carbonyl (C=O) groups is 1. The third-order valence-corrected chi connectivity index (χ3v) is 5.40. The first-order valence-corrected chi connectivity index (χ1v) is 9.55. The maximum atomic E-state index is 12.4. The van der Waals surface area contributed by atoms with Crippen molar-refractivity contribution in [2.24, 2.45) is 0 Å². The minimum absolute atomic E-state index is 0.00185. The van der Waals surface area contributed by atoms with Crippen LogP contribution in [0.1, 0.15) is 44.7 Å². The summed E-state index contributed by atoms with van der Waals surface area (Å²) >= 11 is 3.49. The van der Waals surface area contributed by atoms with Crippen molar-refractivity contribution >= 4 is 22.0 Å². The Morgan fingerprint density at radius 3 is 2.71 bits per heavy atom. The van der Waals surface area contributed by atoms with Gasteiger partial charge in [0.05, 0.1) is 12.6 Å². The summed E-state index contributed by atoms with van der Waals surface area (Å²) in [4.78, 5) is 14.9. The third-order valence-electron chi connectivity index (χ3n) is 4.91. The second-order valence-electron chi connectivity index (χ2n) is 6.89. The van der Waals surface area contributed by atoms with E-state index in [4.69, 9.17) is 4.74 Å². The van der Waals surface area contributed by atoms with Crippen LogP contribution in [0, 0.1) is 0 Å². The molecule has 2 N–H and O–H groups in total. The Morgan fingerprint density at radius 2 is 2.00 bits per heavy atom. The highest BCUT2D eigenvalue weighted by molar-refractivity contribution is 9.10. The molecule has 2 heterocycles. The zero-order valence-electron chi connectivity index (χ0n) is 14.3. The van der Waals surface area contributed by atoms with Crippen molar-refractivity contribution in [2.75, 3.05) is 19.7 Å². The molecule has 1 fully saturated rings. The molecule has 1 aromatic rings. The fourth-order valence-electron chi connectivity index (χ4n) is 3.46. The maximum Gasteiger partial charge on any atom is 0.315 e. The molecule has 0 radical (unpaired) electrons. The molecule has 1 unspecified atom stereocenters. The van der Waals surface area contributed by atoms with E-state index in [1.165, 1.54) is 0 Å². The Bertz CT molecular complexity index is 586. The largest absolute Gasteiger partial charge is 0.493 e. The molecule has 2 aliphatic rings. The van der Waals surface area contributed by atoms with Crippen LogP contribution in [0.5, 0.6) is 5.75 Å². The normalized spacial score (nSPS) is 21.9. The Kier molecular flexibility index (Phi) is 5.66. The van der Waals surface area contributed by atoms with Gasteiger partial charge in [0.2, 0.25) is 0 Å². The highest BCUT2D eigenvalue weighted by atomic mass is 79.9. The number of piperidine rings is 1. The molecule has 24 heavy (non-hydrogen) atoms. The van der Waals surface area contributed by atoms with Gasteiger partial charge in [0.1, 0.15) is 5.75 Å². The van der Waals surface area contributed by atoms with Gasteiger partial charge in [-0.3, -0.25) is 0 Å². The van der Waals surface area contributed by atoms with E-state index in [1.807, 2.05) is 18.2 Å². The zero-order chi connectivity index (χ0) is 17.1. The Hall–Kier alpha value is -1.27. The van der Waals surface area contributed by atoms with Gasteiger partial charge < -0.3 is 20.3 Å². The molecule has 1 aromatic carbocycles. The Labute approximate surface area is 152 Å². The first-order chi connectivity index (χ1) is 11.5. The maximum absolute atomic E-state index is 12.4. The smallest absolute Gasteiger partial charge is 0.315 e.